The summed E-state index contributed by atoms with van der Waals surface area (Å²) in [6.45, 7) is 0.584. The number of hydrogen-bond donors (Lipinski definition) is 0. The van der Waals surface area contributed by atoms with Gasteiger partial charge in [0.05, 0.1) is 12.8 Å². The summed E-state index contributed by atoms with van der Waals surface area (Å²) in [7, 11) is 6.77. The summed E-state index contributed by atoms with van der Waals surface area (Å²) >= 11 is 10.5. The molecule has 0 unspecified atom stereocenters. The van der Waals surface area contributed by atoms with Gasteiger partial charge in [-0.1, -0.05) is 0 Å². The van der Waals surface area contributed by atoms with Crippen molar-refractivity contribution in [2.45, 2.75) is 6.54 Å². The maximum atomic E-state index is 5.33. The van der Waals surface area contributed by atoms with Gasteiger partial charge in [0.2, 0.25) is 4.80 Å². The van der Waals surface area contributed by atoms with Crippen LogP contribution >= 0.6 is 45.1 Å². The van der Waals surface area contributed by atoms with E-state index in [0.717, 1.165) is 14.5 Å². The summed E-state index contributed by atoms with van der Waals surface area (Å²) in [6, 6.07) is 3.77. The smallest absolute Gasteiger partial charge is 0.204 e. The fourth-order valence-corrected chi connectivity index (χ4v) is 3.75. The average Bonchev–Trinajstić information content (AvgIpc) is 2.93. The Bertz CT molecular complexity index is 647. The van der Waals surface area contributed by atoms with E-state index in [4.69, 9.17) is 28.9 Å². The molecule has 0 atom stereocenters. The van der Waals surface area contributed by atoms with Crippen molar-refractivity contribution in [1.82, 2.24) is 9.47 Å². The highest BCUT2D eigenvalue weighted by Gasteiger charge is 2.05. The van der Waals surface area contributed by atoms with Crippen molar-refractivity contribution in [2.24, 2.45) is 4.99 Å². The highest BCUT2D eigenvalue weighted by Crippen LogP contribution is 2.09. The van der Waals surface area contributed by atoms with Gasteiger partial charge in [0.25, 0.3) is 0 Å². The minimum atomic E-state index is 0.534. The lowest BCUT2D eigenvalue weighted by Crippen LogP contribution is -2.23. The van der Waals surface area contributed by atoms with Crippen LogP contribution < -0.4 is 4.80 Å². The first-order chi connectivity index (χ1) is 8.58. The number of hydrogen-bond acceptors (Lipinski definition) is 5. The van der Waals surface area contributed by atoms with E-state index < -0.39 is 0 Å². The summed E-state index contributed by atoms with van der Waals surface area (Å²) < 4.78 is 8.03. The zero-order valence-electron chi connectivity index (χ0n) is 9.82. The Labute approximate surface area is 122 Å². The van der Waals surface area contributed by atoms with Gasteiger partial charge in [-0.15, -0.1) is 0 Å². The molecular formula is C10H11N3OS4. The standard InChI is InChI=1S/C10H11N3OS4/c1-12(2)8(15)11-9-13(10(16)18-17-9)6-7-4-3-5-14-7/h3-5H,6H2,1-2H3/b11-9-. The van der Waals surface area contributed by atoms with Gasteiger partial charge in [0, 0.05) is 14.1 Å². The summed E-state index contributed by atoms with van der Waals surface area (Å²) in [5, 5.41) is 0.534. The van der Waals surface area contributed by atoms with Crippen LogP contribution in [0, 0.1) is 3.95 Å². The minimum Gasteiger partial charge on any atom is -0.467 e. The molecule has 18 heavy (non-hydrogen) atoms. The highest BCUT2D eigenvalue weighted by atomic mass is 32.9. The maximum absolute atomic E-state index is 5.33. The molecule has 8 heteroatoms. The van der Waals surface area contributed by atoms with E-state index in [9.17, 15) is 0 Å². The van der Waals surface area contributed by atoms with Crippen LogP contribution in [0.15, 0.2) is 27.8 Å². The fraction of sp³-hybridized carbons (Fsp3) is 0.300. The second-order valence-corrected chi connectivity index (χ2v) is 6.76. The van der Waals surface area contributed by atoms with Crippen molar-refractivity contribution in [3.05, 3.63) is 32.9 Å². The minimum absolute atomic E-state index is 0.534. The van der Waals surface area contributed by atoms with Crippen LogP contribution in [0.5, 0.6) is 0 Å². The molecule has 0 aliphatic carbocycles. The van der Waals surface area contributed by atoms with Crippen molar-refractivity contribution >= 4 is 50.2 Å². The second kappa shape index (κ2) is 5.87. The molecule has 96 valence electrons. The molecule has 0 bridgehead atoms. The van der Waals surface area contributed by atoms with E-state index in [-0.39, 0.29) is 0 Å². The number of nitrogens with zero attached hydrogens (tertiary/aromatic N) is 3. The van der Waals surface area contributed by atoms with E-state index in [1.807, 2.05) is 30.8 Å². The number of aromatic nitrogens is 1. The van der Waals surface area contributed by atoms with Gasteiger partial charge >= 0.3 is 0 Å². The van der Waals surface area contributed by atoms with Crippen molar-refractivity contribution in [1.29, 1.82) is 0 Å². The van der Waals surface area contributed by atoms with Gasteiger partial charge in [-0.2, -0.15) is 4.99 Å². The molecule has 0 aliphatic heterocycles. The molecule has 2 heterocycles. The maximum Gasteiger partial charge on any atom is 0.204 e. The first kappa shape index (κ1) is 13.6. The SMILES string of the molecule is CN(C)C(=S)/N=c1\ssc(=S)n1Cc1ccco1. The third-order valence-corrected chi connectivity index (χ3v) is 5.43. The van der Waals surface area contributed by atoms with E-state index in [1.54, 1.807) is 11.2 Å². The number of furan rings is 1. The number of rotatable bonds is 2. The number of thiocarbonyl (C=S) groups is 1. The monoisotopic (exact) mass is 317 g/mol. The lowest BCUT2D eigenvalue weighted by Gasteiger charge is -2.07. The molecule has 0 radical (unpaired) electrons. The molecule has 2 aromatic rings. The van der Waals surface area contributed by atoms with Crippen LogP contribution in [0.3, 0.4) is 0 Å². The fourth-order valence-electron chi connectivity index (χ4n) is 1.19. The molecule has 0 spiro atoms. The molecule has 0 saturated carbocycles. The lowest BCUT2D eigenvalue weighted by molar-refractivity contribution is 0.490. The Morgan fingerprint density at radius 1 is 1.50 bits per heavy atom. The molecule has 0 fully saturated rings. The van der Waals surface area contributed by atoms with Gasteiger partial charge < -0.3 is 9.32 Å². The third kappa shape index (κ3) is 3.14. The molecule has 0 N–H and O–H groups in total. The van der Waals surface area contributed by atoms with E-state index in [0.29, 0.717) is 11.7 Å². The lowest BCUT2D eigenvalue weighted by atomic mass is 10.4. The zero-order valence-corrected chi connectivity index (χ0v) is 13.1. The topological polar surface area (TPSA) is 33.7 Å². The summed E-state index contributed by atoms with van der Waals surface area (Å²) in [5.74, 6) is 0.851. The summed E-state index contributed by atoms with van der Waals surface area (Å²) in [6.07, 6.45) is 1.65. The Kier molecular flexibility index (Phi) is 4.44. The van der Waals surface area contributed by atoms with Gasteiger partial charge in [0.15, 0.2) is 9.07 Å². The predicted octanol–water partition coefficient (Wildman–Crippen LogP) is 2.73. The van der Waals surface area contributed by atoms with E-state index in [2.05, 4.69) is 4.99 Å². The van der Waals surface area contributed by atoms with Crippen LogP contribution in [0.2, 0.25) is 0 Å². The highest BCUT2D eigenvalue weighted by molar-refractivity contribution is 7.80. The zero-order chi connectivity index (χ0) is 13.1. The quantitative estimate of drug-likeness (QED) is 0.630. The molecular weight excluding hydrogens is 306 g/mol. The molecule has 0 saturated heterocycles. The molecule has 0 aromatic carbocycles. The van der Waals surface area contributed by atoms with Gasteiger partial charge in [0.1, 0.15) is 5.76 Å². The van der Waals surface area contributed by atoms with Crippen LogP contribution in [-0.2, 0) is 6.54 Å². The van der Waals surface area contributed by atoms with Crippen LogP contribution in [0.4, 0.5) is 0 Å². The Hall–Kier alpha value is -0.830. The van der Waals surface area contributed by atoms with E-state index >= 15 is 0 Å². The van der Waals surface area contributed by atoms with Crippen LogP contribution in [-0.4, -0.2) is 28.7 Å². The Morgan fingerprint density at radius 3 is 2.89 bits per heavy atom. The van der Waals surface area contributed by atoms with Crippen LogP contribution in [0.1, 0.15) is 5.76 Å². The van der Waals surface area contributed by atoms with E-state index in [1.165, 1.54) is 20.7 Å². The summed E-state index contributed by atoms with van der Waals surface area (Å²) in [5.41, 5.74) is 0. The molecule has 0 aliphatic rings. The van der Waals surface area contributed by atoms with Crippen molar-refractivity contribution in [3.63, 3.8) is 0 Å². The van der Waals surface area contributed by atoms with Crippen LogP contribution in [0.25, 0.3) is 0 Å². The second-order valence-electron chi connectivity index (χ2n) is 3.67. The molecule has 4 nitrogen and oxygen atoms in total. The Morgan fingerprint density at radius 2 is 2.28 bits per heavy atom. The first-order valence-corrected chi connectivity index (χ1v) is 8.03. The summed E-state index contributed by atoms with van der Waals surface area (Å²) in [4.78, 5) is 7.00. The molecule has 0 amide bonds. The normalized spacial score (nSPS) is 11.8. The van der Waals surface area contributed by atoms with Gasteiger partial charge in [-0.05, 0) is 57.2 Å². The average molecular weight is 317 g/mol. The van der Waals surface area contributed by atoms with Crippen molar-refractivity contribution in [2.75, 3.05) is 14.1 Å². The van der Waals surface area contributed by atoms with Crippen molar-refractivity contribution in [3.8, 4) is 0 Å². The Balaban J connectivity index is 2.39. The van der Waals surface area contributed by atoms with Gasteiger partial charge in [-0.25, -0.2) is 0 Å². The first-order valence-electron chi connectivity index (χ1n) is 5.06. The van der Waals surface area contributed by atoms with Crippen molar-refractivity contribution < 1.29 is 4.42 Å². The third-order valence-electron chi connectivity index (χ3n) is 2.11. The predicted molar refractivity (Wildman–Crippen MR) is 80.7 cm³/mol. The molecule has 2 aromatic heterocycles. The largest absolute Gasteiger partial charge is 0.467 e. The van der Waals surface area contributed by atoms with Gasteiger partial charge in [-0.3, -0.25) is 4.57 Å². The molecule has 2 rings (SSSR count).